The average molecular weight is 480 g/mol. The van der Waals surface area contributed by atoms with Gasteiger partial charge in [0.25, 0.3) is 11.8 Å². The molecule has 1 saturated heterocycles. The molecule has 7 nitrogen and oxygen atoms in total. The zero-order chi connectivity index (χ0) is 23.9. The number of aromatic carboxylic acids is 1. The summed E-state index contributed by atoms with van der Waals surface area (Å²) in [4.78, 5) is 38.2. The predicted octanol–water partition coefficient (Wildman–Crippen LogP) is 3.41. The largest absolute Gasteiger partial charge is 0.545 e. The van der Waals surface area contributed by atoms with E-state index in [4.69, 9.17) is 28.2 Å². The van der Waals surface area contributed by atoms with Crippen molar-refractivity contribution >= 4 is 58.5 Å². The molecule has 0 spiro atoms. The molecule has 2 heterocycles. The van der Waals surface area contributed by atoms with Gasteiger partial charge in [0.2, 0.25) is 0 Å². The predicted molar refractivity (Wildman–Crippen MR) is 126 cm³/mol. The van der Waals surface area contributed by atoms with Crippen LogP contribution in [0.1, 0.15) is 27.2 Å². The lowest BCUT2D eigenvalue weighted by Crippen LogP contribution is -2.54. The smallest absolute Gasteiger partial charge is 0.270 e. The Morgan fingerprint density at radius 2 is 1.91 bits per heavy atom. The summed E-state index contributed by atoms with van der Waals surface area (Å²) in [7, 11) is 0. The third-order valence-corrected chi connectivity index (χ3v) is 5.93. The number of thiocarbonyl (C=S) groups is 1. The molecule has 3 aromatic rings. The Hall–Kier alpha value is -3.75. The van der Waals surface area contributed by atoms with Gasteiger partial charge < -0.3 is 14.3 Å². The van der Waals surface area contributed by atoms with Gasteiger partial charge in [-0.3, -0.25) is 19.8 Å². The molecule has 1 fully saturated rings. The van der Waals surface area contributed by atoms with E-state index in [1.54, 1.807) is 50.2 Å². The number of carbonyl (C=O) groups excluding carboxylic acids is 3. The molecule has 166 valence electrons. The number of furan rings is 1. The lowest BCUT2D eigenvalue weighted by molar-refractivity contribution is -0.255. The molecular weight excluding hydrogens is 464 g/mol. The summed E-state index contributed by atoms with van der Waals surface area (Å²) < 4.78 is 5.80. The van der Waals surface area contributed by atoms with Crippen LogP contribution in [0.15, 0.2) is 58.5 Å². The maximum atomic E-state index is 13.2. The van der Waals surface area contributed by atoms with Crippen molar-refractivity contribution in [2.75, 3.05) is 4.90 Å². The Morgan fingerprint density at radius 3 is 2.64 bits per heavy atom. The van der Waals surface area contributed by atoms with E-state index in [0.29, 0.717) is 27.6 Å². The van der Waals surface area contributed by atoms with E-state index in [1.807, 2.05) is 0 Å². The van der Waals surface area contributed by atoms with Gasteiger partial charge in [-0.05, 0) is 79.2 Å². The van der Waals surface area contributed by atoms with E-state index >= 15 is 0 Å². The summed E-state index contributed by atoms with van der Waals surface area (Å²) in [6.45, 7) is 3.55. The number of anilines is 1. The van der Waals surface area contributed by atoms with Crippen molar-refractivity contribution in [2.45, 2.75) is 13.8 Å². The number of hydrogen-bond acceptors (Lipinski definition) is 6. The first-order valence-corrected chi connectivity index (χ1v) is 10.5. The normalized spacial score (nSPS) is 15.2. The monoisotopic (exact) mass is 479 g/mol. The maximum absolute atomic E-state index is 13.2. The van der Waals surface area contributed by atoms with Crippen LogP contribution in [0.5, 0.6) is 0 Å². The molecule has 2 aromatic carbocycles. The van der Waals surface area contributed by atoms with Gasteiger partial charge in [-0.15, -0.1) is 0 Å². The van der Waals surface area contributed by atoms with Crippen LogP contribution in [-0.4, -0.2) is 22.9 Å². The standard InChI is InChI=1S/C24H17ClN2O5S/c1-12-6-7-14(23(30)31)10-16(12)20-9-8-15(32-20)11-17-21(28)26-24(33)27(22(17)29)19-5-3-4-18(25)13(19)2/h3-11H,1-2H3,(H,30,31)(H,26,28,33)/p-1/b17-11-. The molecule has 0 aliphatic carbocycles. The molecular formula is C24H16ClN2O5S-. The minimum absolute atomic E-state index is 0.00906. The fraction of sp³-hybridized carbons (Fsp3) is 0.0833. The van der Waals surface area contributed by atoms with Gasteiger partial charge in [-0.2, -0.15) is 0 Å². The van der Waals surface area contributed by atoms with E-state index in [9.17, 15) is 19.5 Å². The van der Waals surface area contributed by atoms with Crippen LogP contribution in [0.4, 0.5) is 5.69 Å². The molecule has 0 bridgehead atoms. The highest BCUT2D eigenvalue weighted by Gasteiger charge is 2.35. The second kappa shape index (κ2) is 8.65. The van der Waals surface area contributed by atoms with E-state index in [-0.39, 0.29) is 22.0 Å². The lowest BCUT2D eigenvalue weighted by atomic mass is 10.0. The highest BCUT2D eigenvalue weighted by Crippen LogP contribution is 2.31. The van der Waals surface area contributed by atoms with Crippen LogP contribution in [0.2, 0.25) is 5.02 Å². The Labute approximate surface area is 199 Å². The molecule has 9 heteroatoms. The summed E-state index contributed by atoms with van der Waals surface area (Å²) in [5, 5.41) is 14.1. The Kier molecular flexibility index (Phi) is 5.88. The van der Waals surface area contributed by atoms with E-state index in [0.717, 1.165) is 5.56 Å². The number of amides is 2. The maximum Gasteiger partial charge on any atom is 0.270 e. The van der Waals surface area contributed by atoms with Gasteiger partial charge in [0, 0.05) is 10.6 Å². The second-order valence-electron chi connectivity index (χ2n) is 7.36. The van der Waals surface area contributed by atoms with E-state index in [2.05, 4.69) is 5.32 Å². The van der Waals surface area contributed by atoms with E-state index < -0.39 is 17.8 Å². The molecule has 4 rings (SSSR count). The Balaban J connectivity index is 1.72. The molecule has 0 radical (unpaired) electrons. The number of carboxylic acids is 1. The molecule has 33 heavy (non-hydrogen) atoms. The number of nitrogens with zero attached hydrogens (tertiary/aromatic N) is 1. The number of benzene rings is 2. The third-order valence-electron chi connectivity index (χ3n) is 5.23. The second-order valence-corrected chi connectivity index (χ2v) is 8.15. The number of aryl methyl sites for hydroxylation is 1. The highest BCUT2D eigenvalue weighted by molar-refractivity contribution is 7.80. The summed E-state index contributed by atoms with van der Waals surface area (Å²) in [6.07, 6.45) is 1.31. The zero-order valence-corrected chi connectivity index (χ0v) is 19.0. The molecule has 1 aliphatic rings. The van der Waals surface area contributed by atoms with Crippen molar-refractivity contribution in [3.05, 3.63) is 81.6 Å². The zero-order valence-electron chi connectivity index (χ0n) is 17.5. The van der Waals surface area contributed by atoms with Crippen molar-refractivity contribution in [3.63, 3.8) is 0 Å². The van der Waals surface area contributed by atoms with Gasteiger partial charge in [0.15, 0.2) is 5.11 Å². The van der Waals surface area contributed by atoms with Crippen molar-refractivity contribution in [3.8, 4) is 11.3 Å². The number of halogens is 1. The third kappa shape index (κ3) is 4.18. The van der Waals surface area contributed by atoms with Crippen LogP contribution in [-0.2, 0) is 9.59 Å². The molecule has 2 amide bonds. The lowest BCUT2D eigenvalue weighted by Gasteiger charge is -2.30. The number of hydrogen-bond donors (Lipinski definition) is 1. The quantitative estimate of drug-likeness (QED) is 0.349. The first kappa shape index (κ1) is 22.4. The fourth-order valence-corrected chi connectivity index (χ4v) is 3.89. The van der Waals surface area contributed by atoms with Crippen molar-refractivity contribution in [1.82, 2.24) is 5.32 Å². The van der Waals surface area contributed by atoms with Crippen LogP contribution in [0, 0.1) is 13.8 Å². The molecule has 0 unspecified atom stereocenters. The van der Waals surface area contributed by atoms with Crippen molar-refractivity contribution in [1.29, 1.82) is 0 Å². The summed E-state index contributed by atoms with van der Waals surface area (Å²) in [6, 6.07) is 12.8. The van der Waals surface area contributed by atoms with Crippen LogP contribution in [0.25, 0.3) is 17.4 Å². The molecule has 1 aromatic heterocycles. The molecule has 0 atom stereocenters. The first-order valence-electron chi connectivity index (χ1n) is 9.76. The van der Waals surface area contributed by atoms with Crippen LogP contribution < -0.4 is 15.3 Å². The number of nitrogens with one attached hydrogen (secondary N) is 1. The summed E-state index contributed by atoms with van der Waals surface area (Å²) in [5.74, 6) is -1.97. The molecule has 0 saturated carbocycles. The Bertz CT molecular complexity index is 1370. The Morgan fingerprint density at radius 1 is 1.15 bits per heavy atom. The number of rotatable bonds is 4. The fourth-order valence-electron chi connectivity index (χ4n) is 3.45. The number of carboxylic acid groups (broad SMARTS) is 1. The van der Waals surface area contributed by atoms with E-state index in [1.165, 1.54) is 23.1 Å². The SMILES string of the molecule is Cc1ccc(C(=O)[O-])cc1-c1ccc(/C=C2/C(=O)NC(=S)N(c3cccc(Cl)c3C)C2=O)o1. The topological polar surface area (TPSA) is 103 Å². The summed E-state index contributed by atoms with van der Waals surface area (Å²) in [5.41, 5.74) is 2.26. The van der Waals surface area contributed by atoms with Gasteiger partial charge in [0.05, 0.1) is 11.7 Å². The minimum Gasteiger partial charge on any atom is -0.545 e. The average Bonchev–Trinajstić information content (AvgIpc) is 3.22. The molecule has 1 aliphatic heterocycles. The highest BCUT2D eigenvalue weighted by atomic mass is 35.5. The minimum atomic E-state index is -1.30. The summed E-state index contributed by atoms with van der Waals surface area (Å²) >= 11 is 11.4. The van der Waals surface area contributed by atoms with Gasteiger partial charge in [-0.25, -0.2) is 0 Å². The van der Waals surface area contributed by atoms with Crippen LogP contribution >= 0.6 is 23.8 Å². The van der Waals surface area contributed by atoms with Gasteiger partial charge in [0.1, 0.15) is 17.1 Å². The first-order chi connectivity index (χ1) is 15.7. The number of carbonyl (C=O) groups is 3. The van der Waals surface area contributed by atoms with Crippen molar-refractivity contribution < 1.29 is 23.9 Å². The van der Waals surface area contributed by atoms with Crippen LogP contribution in [0.3, 0.4) is 0 Å². The van der Waals surface area contributed by atoms with Crippen molar-refractivity contribution in [2.24, 2.45) is 0 Å². The molecule has 1 N–H and O–H groups in total. The van der Waals surface area contributed by atoms with Gasteiger partial charge in [-0.1, -0.05) is 29.8 Å². The van der Waals surface area contributed by atoms with Gasteiger partial charge >= 0.3 is 0 Å².